The molecule has 0 amide bonds. The van der Waals surface area contributed by atoms with Crippen LogP contribution in [0.3, 0.4) is 0 Å². The van der Waals surface area contributed by atoms with Crippen molar-refractivity contribution in [3.63, 3.8) is 0 Å². The quantitative estimate of drug-likeness (QED) is 0.761. The van der Waals surface area contributed by atoms with Crippen molar-refractivity contribution < 1.29 is 8.76 Å². The number of nitrogens with zero attached hydrogens (tertiary/aromatic N) is 2. The number of allylic oxidation sites excluding steroid dienone is 1. The van der Waals surface area contributed by atoms with Gasteiger partial charge in [-0.1, -0.05) is 12.2 Å². The third-order valence-electron chi connectivity index (χ3n) is 4.61. The lowest BCUT2D eigenvalue weighted by Gasteiger charge is -2.42. The largest absolute Gasteiger partial charge is 0.381 e. The molecule has 2 aliphatic carbocycles. The normalized spacial score (nSPS) is 40.2. The van der Waals surface area contributed by atoms with E-state index < -0.39 is 15.8 Å². The maximum absolute atomic E-state index is 11.8. The standard InChI is InChI=1S/C13H20N2O2S/c1-14(2)11-6-7-15(3)12-10(11)5-4-9-8-13(9,12)18(16)17/h4-5,9,12H,6-8H2,1-3H3,(H,16,17). The van der Waals surface area contributed by atoms with Crippen LogP contribution in [0.15, 0.2) is 23.4 Å². The van der Waals surface area contributed by atoms with E-state index in [4.69, 9.17) is 0 Å². The van der Waals surface area contributed by atoms with Crippen LogP contribution in [-0.2, 0) is 11.1 Å². The van der Waals surface area contributed by atoms with E-state index in [-0.39, 0.29) is 12.0 Å². The summed E-state index contributed by atoms with van der Waals surface area (Å²) in [4.78, 5) is 4.40. The molecule has 0 aromatic rings. The predicted octanol–water partition coefficient (Wildman–Crippen LogP) is 1.06. The molecule has 1 heterocycles. The predicted molar refractivity (Wildman–Crippen MR) is 72.5 cm³/mol. The Morgan fingerprint density at radius 3 is 2.89 bits per heavy atom. The third kappa shape index (κ3) is 1.47. The summed E-state index contributed by atoms with van der Waals surface area (Å²) in [5, 5.41) is 0. The zero-order chi connectivity index (χ0) is 13.1. The summed E-state index contributed by atoms with van der Waals surface area (Å²) in [6, 6.07) is 0.101. The van der Waals surface area contributed by atoms with E-state index in [9.17, 15) is 8.76 Å². The third-order valence-corrected chi connectivity index (χ3v) is 5.96. The summed E-state index contributed by atoms with van der Waals surface area (Å²) in [5.41, 5.74) is 2.55. The first-order valence-corrected chi connectivity index (χ1v) is 7.49. The SMILES string of the molecule is CN(C)C1=C2C=CC3CC3(S(=O)O)C2N(C)CC1. The van der Waals surface area contributed by atoms with Crippen molar-refractivity contribution in [3.05, 3.63) is 23.4 Å². The van der Waals surface area contributed by atoms with E-state index in [0.717, 1.165) is 19.4 Å². The summed E-state index contributed by atoms with van der Waals surface area (Å²) in [7, 11) is 6.18. The van der Waals surface area contributed by atoms with Crippen molar-refractivity contribution in [1.29, 1.82) is 0 Å². The molecule has 3 rings (SSSR count). The fourth-order valence-corrected chi connectivity index (χ4v) is 4.76. The van der Waals surface area contributed by atoms with Crippen LogP contribution in [0.4, 0.5) is 0 Å². The van der Waals surface area contributed by atoms with Crippen molar-refractivity contribution in [1.82, 2.24) is 9.80 Å². The maximum Gasteiger partial charge on any atom is 0.161 e. The monoisotopic (exact) mass is 268 g/mol. The summed E-state index contributed by atoms with van der Waals surface area (Å²) >= 11 is -1.76. The molecule has 18 heavy (non-hydrogen) atoms. The Balaban J connectivity index is 2.12. The Bertz CT molecular complexity index is 472. The Kier molecular flexibility index (Phi) is 2.70. The van der Waals surface area contributed by atoms with Gasteiger partial charge in [-0.05, 0) is 19.0 Å². The molecule has 5 heteroatoms. The molecule has 3 aliphatic rings. The lowest BCUT2D eigenvalue weighted by Crippen LogP contribution is -2.52. The van der Waals surface area contributed by atoms with E-state index in [0.29, 0.717) is 0 Å². The number of hydrogen-bond acceptors (Lipinski definition) is 3. The smallest absolute Gasteiger partial charge is 0.161 e. The lowest BCUT2D eigenvalue weighted by molar-refractivity contribution is 0.223. The minimum atomic E-state index is -1.76. The van der Waals surface area contributed by atoms with Crippen LogP contribution in [0.5, 0.6) is 0 Å². The molecule has 4 unspecified atom stereocenters. The second-order valence-corrected chi connectivity index (χ2v) is 7.06. The first kappa shape index (κ1) is 12.4. The topological polar surface area (TPSA) is 43.8 Å². The Morgan fingerprint density at radius 1 is 1.56 bits per heavy atom. The molecular weight excluding hydrogens is 248 g/mol. The van der Waals surface area contributed by atoms with Crippen LogP contribution < -0.4 is 0 Å². The minimum absolute atomic E-state index is 0.101. The zero-order valence-corrected chi connectivity index (χ0v) is 11.9. The molecule has 1 fully saturated rings. The van der Waals surface area contributed by atoms with Crippen LogP contribution in [0, 0.1) is 5.92 Å². The molecule has 4 nitrogen and oxygen atoms in total. The Morgan fingerprint density at radius 2 is 2.28 bits per heavy atom. The van der Waals surface area contributed by atoms with Gasteiger partial charge in [0.25, 0.3) is 0 Å². The highest BCUT2D eigenvalue weighted by molar-refractivity contribution is 7.81. The molecule has 1 saturated carbocycles. The van der Waals surface area contributed by atoms with E-state index >= 15 is 0 Å². The highest BCUT2D eigenvalue weighted by Crippen LogP contribution is 2.58. The molecule has 0 aromatic carbocycles. The summed E-state index contributed by atoms with van der Waals surface area (Å²) < 4.78 is 21.1. The summed E-state index contributed by atoms with van der Waals surface area (Å²) in [6.07, 6.45) is 6.16. The van der Waals surface area contributed by atoms with Crippen molar-refractivity contribution in [2.75, 3.05) is 27.7 Å². The average molecular weight is 268 g/mol. The number of fused-ring (bicyclic) bond motifs is 3. The summed E-state index contributed by atoms with van der Waals surface area (Å²) in [6.45, 7) is 0.960. The van der Waals surface area contributed by atoms with Crippen LogP contribution in [-0.4, -0.2) is 57.0 Å². The molecule has 1 N–H and O–H groups in total. The molecule has 100 valence electrons. The molecule has 0 aromatic heterocycles. The van der Waals surface area contributed by atoms with Crippen LogP contribution in [0.2, 0.25) is 0 Å². The summed E-state index contributed by atoms with van der Waals surface area (Å²) in [5.74, 6) is 0.279. The van der Waals surface area contributed by atoms with Gasteiger partial charge in [-0.3, -0.25) is 4.90 Å². The van der Waals surface area contributed by atoms with Crippen LogP contribution in [0.25, 0.3) is 0 Å². The van der Waals surface area contributed by atoms with Gasteiger partial charge in [0.05, 0.1) is 10.8 Å². The molecule has 0 radical (unpaired) electrons. The molecule has 0 bridgehead atoms. The van der Waals surface area contributed by atoms with Crippen molar-refractivity contribution in [2.24, 2.45) is 5.92 Å². The van der Waals surface area contributed by atoms with Crippen molar-refractivity contribution in [3.8, 4) is 0 Å². The Hall–Kier alpha value is -0.650. The fourth-order valence-electron chi connectivity index (χ4n) is 3.60. The molecule has 0 saturated heterocycles. The maximum atomic E-state index is 11.8. The van der Waals surface area contributed by atoms with Gasteiger partial charge < -0.3 is 9.45 Å². The van der Waals surface area contributed by atoms with Crippen LogP contribution >= 0.6 is 0 Å². The minimum Gasteiger partial charge on any atom is -0.381 e. The number of likely N-dealkylation sites (N-methyl/N-ethyl adjacent to an activating group) is 1. The van der Waals surface area contributed by atoms with Gasteiger partial charge in [-0.15, -0.1) is 0 Å². The van der Waals surface area contributed by atoms with Crippen molar-refractivity contribution >= 4 is 11.1 Å². The van der Waals surface area contributed by atoms with Gasteiger partial charge in [0.1, 0.15) is 0 Å². The van der Waals surface area contributed by atoms with E-state index in [1.54, 1.807) is 0 Å². The van der Waals surface area contributed by atoms with Gasteiger partial charge in [-0.2, -0.15) is 0 Å². The van der Waals surface area contributed by atoms with E-state index in [2.05, 4.69) is 43.1 Å². The zero-order valence-electron chi connectivity index (χ0n) is 11.1. The lowest BCUT2D eigenvalue weighted by atomic mass is 9.88. The average Bonchev–Trinajstić information content (AvgIpc) is 3.04. The highest BCUT2D eigenvalue weighted by Gasteiger charge is 2.66. The first-order valence-electron chi connectivity index (χ1n) is 6.38. The second-order valence-electron chi connectivity index (χ2n) is 5.80. The second kappa shape index (κ2) is 3.92. The first-order chi connectivity index (χ1) is 8.48. The van der Waals surface area contributed by atoms with Gasteiger partial charge in [-0.25, -0.2) is 4.21 Å². The Labute approximate surface area is 111 Å². The molecule has 4 atom stereocenters. The fraction of sp³-hybridized carbons (Fsp3) is 0.692. The molecule has 1 aliphatic heterocycles. The highest BCUT2D eigenvalue weighted by atomic mass is 32.2. The van der Waals surface area contributed by atoms with Gasteiger partial charge in [0.2, 0.25) is 0 Å². The number of hydrogen-bond donors (Lipinski definition) is 1. The number of rotatable bonds is 2. The van der Waals surface area contributed by atoms with Crippen molar-refractivity contribution in [2.45, 2.75) is 23.6 Å². The van der Waals surface area contributed by atoms with Crippen LogP contribution in [0.1, 0.15) is 12.8 Å². The van der Waals surface area contributed by atoms with Gasteiger partial charge >= 0.3 is 0 Å². The van der Waals surface area contributed by atoms with Gasteiger partial charge in [0, 0.05) is 38.7 Å². The molecular formula is C13H20N2O2S. The van der Waals surface area contributed by atoms with E-state index in [1.165, 1.54) is 11.3 Å². The van der Waals surface area contributed by atoms with E-state index in [1.807, 2.05) is 0 Å². The van der Waals surface area contributed by atoms with Gasteiger partial charge in [0.15, 0.2) is 11.1 Å². The molecule has 0 spiro atoms.